The number of hydrogen-bond acceptors (Lipinski definition) is 5. The van der Waals surface area contributed by atoms with Crippen LogP contribution in [-0.2, 0) is 11.2 Å². The molecular formula is C20H19F2N3O2S. The molecule has 1 saturated heterocycles. The largest absolute Gasteiger partial charge is 0.431 e. The third kappa shape index (κ3) is 4.13. The van der Waals surface area contributed by atoms with Crippen LogP contribution in [0.1, 0.15) is 5.56 Å². The molecule has 28 heavy (non-hydrogen) atoms. The van der Waals surface area contributed by atoms with Crippen LogP contribution < -0.4 is 4.74 Å². The van der Waals surface area contributed by atoms with Crippen LogP contribution >= 0.6 is 11.3 Å². The number of thiazole rings is 1. The van der Waals surface area contributed by atoms with E-state index in [9.17, 15) is 13.6 Å². The van der Waals surface area contributed by atoms with E-state index in [0.29, 0.717) is 34.1 Å². The van der Waals surface area contributed by atoms with E-state index in [2.05, 4.69) is 9.88 Å². The first-order valence-electron chi connectivity index (χ1n) is 8.96. The van der Waals surface area contributed by atoms with Crippen molar-refractivity contribution in [1.82, 2.24) is 14.8 Å². The lowest BCUT2D eigenvalue weighted by atomic mass is 10.1. The lowest BCUT2D eigenvalue weighted by Crippen LogP contribution is -2.47. The fourth-order valence-corrected chi connectivity index (χ4v) is 3.95. The fraction of sp³-hybridized carbons (Fsp3) is 0.300. The Bertz CT molecular complexity index is 1020. The molecule has 0 bridgehead atoms. The maximum atomic E-state index is 14.5. The van der Waals surface area contributed by atoms with Crippen LogP contribution in [0.4, 0.5) is 8.78 Å². The molecule has 4 rings (SSSR count). The summed E-state index contributed by atoms with van der Waals surface area (Å²) in [4.78, 5) is 20.6. The number of carbonyl (C=O) groups is 1. The highest BCUT2D eigenvalue weighted by Gasteiger charge is 2.20. The van der Waals surface area contributed by atoms with Gasteiger partial charge in [-0.3, -0.25) is 4.79 Å². The minimum Gasteiger partial charge on any atom is -0.431 e. The Labute approximate surface area is 165 Å². The van der Waals surface area contributed by atoms with E-state index in [0.717, 1.165) is 13.1 Å². The highest BCUT2D eigenvalue weighted by atomic mass is 32.1. The van der Waals surface area contributed by atoms with Gasteiger partial charge in [0.05, 0.1) is 16.6 Å². The van der Waals surface area contributed by atoms with E-state index < -0.39 is 5.82 Å². The second-order valence-electron chi connectivity index (χ2n) is 6.81. The maximum Gasteiger partial charge on any atom is 0.279 e. The number of ether oxygens (including phenoxy) is 1. The van der Waals surface area contributed by atoms with Crippen molar-refractivity contribution in [3.63, 3.8) is 0 Å². The van der Waals surface area contributed by atoms with Gasteiger partial charge >= 0.3 is 0 Å². The van der Waals surface area contributed by atoms with Gasteiger partial charge in [-0.15, -0.1) is 0 Å². The normalized spacial score (nSPS) is 15.2. The molecule has 1 aliphatic rings. The van der Waals surface area contributed by atoms with Gasteiger partial charge in [0.1, 0.15) is 17.4 Å². The summed E-state index contributed by atoms with van der Waals surface area (Å²) in [5, 5.41) is 0.307. The monoisotopic (exact) mass is 403 g/mol. The standard InChI is InChI=1S/C20H19F2N3O2S/c1-24-6-8-25(9-7-24)19(26)10-13-2-4-15(12-16(13)22)27-20-23-17-5-3-14(21)11-18(17)28-20/h2-5,11-12H,6-10H2,1H3. The van der Waals surface area contributed by atoms with Crippen LogP contribution in [0, 0.1) is 11.6 Å². The predicted octanol–water partition coefficient (Wildman–Crippen LogP) is 3.68. The van der Waals surface area contributed by atoms with Crippen molar-refractivity contribution in [2.24, 2.45) is 0 Å². The van der Waals surface area contributed by atoms with E-state index in [-0.39, 0.29) is 23.9 Å². The molecule has 5 nitrogen and oxygen atoms in total. The molecule has 0 unspecified atom stereocenters. The second kappa shape index (κ2) is 7.81. The van der Waals surface area contributed by atoms with Gasteiger partial charge in [0.2, 0.25) is 5.91 Å². The molecule has 0 radical (unpaired) electrons. The zero-order chi connectivity index (χ0) is 19.7. The highest BCUT2D eigenvalue weighted by Crippen LogP contribution is 2.32. The average Bonchev–Trinajstić information content (AvgIpc) is 3.05. The number of piperazine rings is 1. The summed E-state index contributed by atoms with van der Waals surface area (Å²) in [6.07, 6.45) is 0.0240. The zero-order valence-corrected chi connectivity index (χ0v) is 16.1. The van der Waals surface area contributed by atoms with Gasteiger partial charge in [0.15, 0.2) is 0 Å². The first kappa shape index (κ1) is 18.8. The van der Waals surface area contributed by atoms with E-state index in [1.165, 1.54) is 29.5 Å². The first-order valence-corrected chi connectivity index (χ1v) is 9.78. The zero-order valence-electron chi connectivity index (χ0n) is 15.3. The molecule has 1 aromatic heterocycles. The molecule has 0 N–H and O–H groups in total. The third-order valence-electron chi connectivity index (χ3n) is 4.76. The Kier molecular flexibility index (Phi) is 5.23. The summed E-state index contributed by atoms with van der Waals surface area (Å²) in [5.41, 5.74) is 0.957. The minimum atomic E-state index is -0.493. The van der Waals surface area contributed by atoms with Crippen molar-refractivity contribution in [3.8, 4) is 10.9 Å². The molecule has 1 fully saturated rings. The highest BCUT2D eigenvalue weighted by molar-refractivity contribution is 7.20. The second-order valence-corrected chi connectivity index (χ2v) is 7.80. The average molecular weight is 403 g/mol. The number of amides is 1. The van der Waals surface area contributed by atoms with E-state index in [4.69, 9.17) is 4.74 Å². The van der Waals surface area contributed by atoms with Gasteiger partial charge in [-0.05, 0) is 36.9 Å². The summed E-state index contributed by atoms with van der Waals surface area (Å²) in [5.74, 6) is -0.628. The predicted molar refractivity (Wildman–Crippen MR) is 104 cm³/mol. The van der Waals surface area contributed by atoms with E-state index in [1.54, 1.807) is 23.1 Å². The molecule has 1 aliphatic heterocycles. The summed E-state index contributed by atoms with van der Waals surface area (Å²) in [7, 11) is 2.02. The van der Waals surface area contributed by atoms with Crippen molar-refractivity contribution in [2.75, 3.05) is 33.2 Å². The lowest BCUT2D eigenvalue weighted by Gasteiger charge is -2.32. The molecule has 3 aromatic rings. The fourth-order valence-electron chi connectivity index (χ4n) is 3.09. The van der Waals surface area contributed by atoms with E-state index in [1.807, 2.05) is 7.05 Å². The van der Waals surface area contributed by atoms with Gasteiger partial charge in [0, 0.05) is 32.2 Å². The summed E-state index contributed by atoms with van der Waals surface area (Å²) in [6, 6.07) is 8.71. The number of benzene rings is 2. The summed E-state index contributed by atoms with van der Waals surface area (Å²) in [6.45, 7) is 2.98. The minimum absolute atomic E-state index is 0.0240. The molecular weight excluding hydrogens is 384 g/mol. The molecule has 0 atom stereocenters. The number of rotatable bonds is 4. The van der Waals surface area contributed by atoms with Gasteiger partial charge in [0.25, 0.3) is 5.19 Å². The summed E-state index contributed by atoms with van der Waals surface area (Å²) < 4.78 is 34.0. The van der Waals surface area contributed by atoms with Crippen molar-refractivity contribution >= 4 is 27.5 Å². The number of hydrogen-bond donors (Lipinski definition) is 0. The Balaban J connectivity index is 1.44. The van der Waals surface area contributed by atoms with Gasteiger partial charge < -0.3 is 14.5 Å². The first-order chi connectivity index (χ1) is 13.5. The van der Waals surface area contributed by atoms with Crippen LogP contribution in [0.2, 0.25) is 0 Å². The molecule has 1 amide bonds. The topological polar surface area (TPSA) is 45.7 Å². The van der Waals surface area contributed by atoms with Crippen LogP contribution in [-0.4, -0.2) is 53.9 Å². The summed E-state index contributed by atoms with van der Waals surface area (Å²) >= 11 is 1.19. The molecule has 2 heterocycles. The number of halogens is 2. The molecule has 8 heteroatoms. The Hall–Kier alpha value is -2.58. The Morgan fingerprint density at radius 3 is 2.68 bits per heavy atom. The maximum absolute atomic E-state index is 14.5. The third-order valence-corrected chi connectivity index (χ3v) is 5.65. The molecule has 146 valence electrons. The smallest absolute Gasteiger partial charge is 0.279 e. The SMILES string of the molecule is CN1CCN(C(=O)Cc2ccc(Oc3nc4ccc(F)cc4s3)cc2F)CC1. The van der Waals surface area contributed by atoms with Crippen molar-refractivity contribution < 1.29 is 18.3 Å². The van der Waals surface area contributed by atoms with Crippen LogP contribution in [0.25, 0.3) is 10.2 Å². The van der Waals surface area contributed by atoms with Crippen molar-refractivity contribution in [1.29, 1.82) is 0 Å². The molecule has 0 aliphatic carbocycles. The number of fused-ring (bicyclic) bond motifs is 1. The van der Waals surface area contributed by atoms with Crippen LogP contribution in [0.3, 0.4) is 0 Å². The number of nitrogens with zero attached hydrogens (tertiary/aromatic N) is 3. The quantitative estimate of drug-likeness (QED) is 0.667. The van der Waals surface area contributed by atoms with Gasteiger partial charge in [-0.2, -0.15) is 0 Å². The van der Waals surface area contributed by atoms with Gasteiger partial charge in [-0.1, -0.05) is 17.4 Å². The molecule has 2 aromatic carbocycles. The number of likely N-dealkylation sites (N-methyl/N-ethyl adjacent to an activating group) is 1. The molecule has 0 spiro atoms. The van der Waals surface area contributed by atoms with Crippen LogP contribution in [0.5, 0.6) is 10.9 Å². The van der Waals surface area contributed by atoms with Gasteiger partial charge in [-0.25, -0.2) is 13.8 Å². The lowest BCUT2D eigenvalue weighted by molar-refractivity contribution is -0.132. The van der Waals surface area contributed by atoms with Crippen LogP contribution in [0.15, 0.2) is 36.4 Å². The van der Waals surface area contributed by atoms with E-state index >= 15 is 0 Å². The van der Waals surface area contributed by atoms with Crippen molar-refractivity contribution in [2.45, 2.75) is 6.42 Å². The number of aromatic nitrogens is 1. The Morgan fingerprint density at radius 2 is 1.93 bits per heavy atom. The number of carbonyl (C=O) groups excluding carboxylic acids is 1. The van der Waals surface area contributed by atoms with Crippen molar-refractivity contribution in [3.05, 3.63) is 53.6 Å². The Morgan fingerprint density at radius 1 is 1.14 bits per heavy atom. The molecule has 0 saturated carbocycles.